The highest BCUT2D eigenvalue weighted by molar-refractivity contribution is 6.02. The van der Waals surface area contributed by atoms with E-state index in [0.717, 1.165) is 33.3 Å². The number of primary amides is 1. The summed E-state index contributed by atoms with van der Waals surface area (Å²) in [7, 11) is 6.91. The molecule has 1 saturated carbocycles. The number of carbonyl (C=O) groups is 3. The number of aliphatic imine (C=N–C) groups is 1. The maximum absolute atomic E-state index is 13.3. The Morgan fingerprint density at radius 3 is 2.38 bits per heavy atom. The fourth-order valence-electron chi connectivity index (χ4n) is 5.71. The van der Waals surface area contributed by atoms with Gasteiger partial charge in [-0.2, -0.15) is 0 Å². The molecule has 176 valence electrons. The van der Waals surface area contributed by atoms with E-state index in [-0.39, 0.29) is 17.7 Å². The Labute approximate surface area is 198 Å². The molecule has 34 heavy (non-hydrogen) atoms. The predicted molar refractivity (Wildman–Crippen MR) is 131 cm³/mol. The third-order valence-corrected chi connectivity index (χ3v) is 7.33. The van der Waals surface area contributed by atoms with E-state index in [1.54, 1.807) is 44.2 Å². The molecule has 2 aliphatic heterocycles. The van der Waals surface area contributed by atoms with Gasteiger partial charge in [-0.05, 0) is 30.5 Å². The number of hydrogen-bond donors (Lipinski definition) is 1. The van der Waals surface area contributed by atoms with Crippen molar-refractivity contribution in [3.63, 3.8) is 0 Å². The second-order valence-electron chi connectivity index (χ2n) is 9.78. The summed E-state index contributed by atoms with van der Waals surface area (Å²) in [6, 6.07) is 9.46. The first-order valence-electron chi connectivity index (χ1n) is 11.5. The number of nitrogens with zero attached hydrogens (tertiary/aromatic N) is 4. The van der Waals surface area contributed by atoms with Crippen molar-refractivity contribution in [1.29, 1.82) is 0 Å². The number of amides is 3. The van der Waals surface area contributed by atoms with Crippen LogP contribution in [0, 0.1) is 11.8 Å². The van der Waals surface area contributed by atoms with E-state index < -0.39 is 23.8 Å². The van der Waals surface area contributed by atoms with Gasteiger partial charge in [-0.25, -0.2) is 0 Å². The number of aromatic nitrogens is 1. The van der Waals surface area contributed by atoms with Crippen LogP contribution in [0.1, 0.15) is 24.5 Å². The smallest absolute Gasteiger partial charge is 0.246 e. The molecule has 0 radical (unpaired) electrons. The fourth-order valence-corrected chi connectivity index (χ4v) is 5.71. The summed E-state index contributed by atoms with van der Waals surface area (Å²) in [6.45, 7) is 0. The van der Waals surface area contributed by atoms with Crippen molar-refractivity contribution >= 4 is 41.0 Å². The molecular weight excluding hydrogens is 430 g/mol. The largest absolute Gasteiger partial charge is 0.368 e. The Bertz CT molecular complexity index is 1310. The van der Waals surface area contributed by atoms with Crippen molar-refractivity contribution < 1.29 is 14.4 Å². The molecule has 5 rings (SSSR count). The van der Waals surface area contributed by atoms with Crippen LogP contribution in [-0.2, 0) is 14.4 Å². The summed E-state index contributed by atoms with van der Waals surface area (Å²) in [6.07, 6.45) is 4.63. The minimum absolute atomic E-state index is 0.0422. The zero-order valence-electron chi connectivity index (χ0n) is 19.9. The van der Waals surface area contributed by atoms with Gasteiger partial charge < -0.3 is 20.1 Å². The van der Waals surface area contributed by atoms with Crippen molar-refractivity contribution in [1.82, 2.24) is 14.4 Å². The van der Waals surface area contributed by atoms with Crippen LogP contribution in [0.4, 0.5) is 0 Å². The summed E-state index contributed by atoms with van der Waals surface area (Å²) in [4.78, 5) is 46.3. The molecule has 0 spiro atoms. The van der Waals surface area contributed by atoms with Crippen LogP contribution in [0.2, 0.25) is 0 Å². The Hall–Kier alpha value is -3.68. The number of nitrogens with two attached hydrogens (primary N) is 1. The standard InChI is InChI=1S/C26H29N5O3/c1-29(2)25(33)17-10-15-16(11-18(17)26(34)30(3)4)22-9-14-7-5-6-8-21(14)31(22)13-20-19(15)12-28-23(20)24(27)32/h5-9,12-13,16-18,23H,10-11H2,1-4H3,(H2,27,32)/t16?,17-,18?,23?/m1/s1. The topological polar surface area (TPSA) is 101 Å². The van der Waals surface area contributed by atoms with Crippen molar-refractivity contribution in [3.05, 3.63) is 52.7 Å². The normalized spacial score (nSPS) is 25.2. The van der Waals surface area contributed by atoms with E-state index >= 15 is 0 Å². The third-order valence-electron chi connectivity index (χ3n) is 7.33. The lowest BCUT2D eigenvalue weighted by Crippen LogP contribution is -2.45. The maximum Gasteiger partial charge on any atom is 0.246 e. The van der Waals surface area contributed by atoms with E-state index in [2.05, 4.69) is 21.7 Å². The minimum atomic E-state index is -0.764. The van der Waals surface area contributed by atoms with Crippen LogP contribution in [0.25, 0.3) is 17.1 Å². The first-order chi connectivity index (χ1) is 16.2. The minimum Gasteiger partial charge on any atom is -0.368 e. The quantitative estimate of drug-likeness (QED) is 0.760. The Morgan fingerprint density at radius 2 is 1.71 bits per heavy atom. The average Bonchev–Trinajstić information content (AvgIpc) is 3.36. The molecule has 3 amide bonds. The molecule has 3 unspecified atom stereocenters. The van der Waals surface area contributed by atoms with E-state index in [0.29, 0.717) is 12.8 Å². The molecule has 0 bridgehead atoms. The van der Waals surface area contributed by atoms with Gasteiger partial charge in [0.2, 0.25) is 17.7 Å². The number of hydrogen-bond acceptors (Lipinski definition) is 4. The van der Waals surface area contributed by atoms with Crippen LogP contribution >= 0.6 is 0 Å². The lowest BCUT2D eigenvalue weighted by atomic mass is 9.67. The van der Waals surface area contributed by atoms with Crippen LogP contribution in [-0.4, -0.2) is 72.5 Å². The molecule has 3 heterocycles. The van der Waals surface area contributed by atoms with Crippen LogP contribution in [0.3, 0.4) is 0 Å². The van der Waals surface area contributed by atoms with Gasteiger partial charge in [0.05, 0.1) is 17.4 Å². The van der Waals surface area contributed by atoms with E-state index in [4.69, 9.17) is 5.73 Å². The van der Waals surface area contributed by atoms with Gasteiger partial charge in [0.1, 0.15) is 0 Å². The van der Waals surface area contributed by atoms with E-state index in [1.807, 2.05) is 24.4 Å². The number of allylic oxidation sites excluding steroid dienone is 1. The molecule has 1 aliphatic carbocycles. The van der Waals surface area contributed by atoms with Crippen LogP contribution in [0.5, 0.6) is 0 Å². The van der Waals surface area contributed by atoms with Crippen molar-refractivity contribution in [2.24, 2.45) is 22.6 Å². The summed E-state index contributed by atoms with van der Waals surface area (Å²) in [5.74, 6) is -1.64. The van der Waals surface area contributed by atoms with Crippen molar-refractivity contribution in [3.8, 4) is 0 Å². The van der Waals surface area contributed by atoms with E-state index in [9.17, 15) is 14.4 Å². The van der Waals surface area contributed by atoms with Gasteiger partial charge in [-0.15, -0.1) is 0 Å². The molecule has 8 heteroatoms. The summed E-state index contributed by atoms with van der Waals surface area (Å²) in [5, 5.41) is 1.08. The molecule has 8 nitrogen and oxygen atoms in total. The van der Waals surface area contributed by atoms with Crippen molar-refractivity contribution in [2.75, 3.05) is 28.2 Å². The van der Waals surface area contributed by atoms with Crippen LogP contribution < -0.4 is 5.73 Å². The molecule has 2 N–H and O–H groups in total. The summed E-state index contributed by atoms with van der Waals surface area (Å²) in [5.41, 5.74) is 10.4. The predicted octanol–water partition coefficient (Wildman–Crippen LogP) is 2.02. The summed E-state index contributed by atoms with van der Waals surface area (Å²) < 4.78 is 2.11. The first-order valence-corrected chi connectivity index (χ1v) is 11.5. The third kappa shape index (κ3) is 3.28. The lowest BCUT2D eigenvalue weighted by Gasteiger charge is -2.39. The fraction of sp³-hybridized carbons (Fsp3) is 0.385. The molecule has 3 aliphatic rings. The van der Waals surface area contributed by atoms with Gasteiger partial charge in [0, 0.05) is 63.2 Å². The highest BCUT2D eigenvalue weighted by Crippen LogP contribution is 2.50. The van der Waals surface area contributed by atoms with Gasteiger partial charge in [0.15, 0.2) is 6.04 Å². The van der Waals surface area contributed by atoms with E-state index in [1.165, 1.54) is 0 Å². The van der Waals surface area contributed by atoms with Gasteiger partial charge in [0.25, 0.3) is 0 Å². The molecule has 2 aromatic rings. The first kappa shape index (κ1) is 22.1. The SMILES string of the molecule is CN(C)C(=O)C1CC2C(=C3C=NC(C(N)=O)C3=Cn3c2cc2ccccc23)C[C@H]1C(=O)N(C)C. The number of benzene rings is 1. The van der Waals surface area contributed by atoms with Gasteiger partial charge in [-0.1, -0.05) is 23.8 Å². The highest BCUT2D eigenvalue weighted by Gasteiger charge is 2.46. The second kappa shape index (κ2) is 7.97. The van der Waals surface area contributed by atoms with Gasteiger partial charge >= 0.3 is 0 Å². The average molecular weight is 460 g/mol. The second-order valence-corrected chi connectivity index (χ2v) is 9.78. The lowest BCUT2D eigenvalue weighted by molar-refractivity contribution is -0.144. The molecule has 1 fully saturated rings. The Kier molecular flexibility index (Phi) is 5.19. The molecular formula is C26H29N5O3. The number of rotatable bonds is 3. The number of carbonyl (C=O) groups excluding carboxylic acids is 3. The zero-order valence-corrected chi connectivity index (χ0v) is 19.9. The molecule has 4 atom stereocenters. The van der Waals surface area contributed by atoms with Gasteiger partial charge in [-0.3, -0.25) is 19.4 Å². The Morgan fingerprint density at radius 1 is 1.03 bits per heavy atom. The number of fused-ring (bicyclic) bond motifs is 6. The zero-order chi connectivity index (χ0) is 24.3. The monoisotopic (exact) mass is 459 g/mol. The molecule has 1 aromatic heterocycles. The Balaban J connectivity index is 1.73. The highest BCUT2D eigenvalue weighted by atomic mass is 16.2. The number of para-hydroxylation sites is 1. The van der Waals surface area contributed by atoms with Crippen molar-refractivity contribution in [2.45, 2.75) is 24.8 Å². The summed E-state index contributed by atoms with van der Waals surface area (Å²) >= 11 is 0. The molecule has 1 aromatic carbocycles. The molecule has 0 saturated heterocycles. The maximum atomic E-state index is 13.3. The van der Waals surface area contributed by atoms with Crippen LogP contribution in [0.15, 0.2) is 52.0 Å².